The summed E-state index contributed by atoms with van der Waals surface area (Å²) in [5.41, 5.74) is 0. The topological polar surface area (TPSA) is 18.1 Å². The van der Waals surface area contributed by atoms with Gasteiger partial charge >= 0.3 is 0 Å². The molecule has 0 aliphatic rings. The van der Waals surface area contributed by atoms with Gasteiger partial charge in [0.25, 0.3) is 0 Å². The smallest absolute Gasteiger partial charge is 0.105 e. The molecule has 0 saturated carbocycles. The van der Waals surface area contributed by atoms with Crippen LogP contribution in [0.4, 0.5) is 0 Å². The molecule has 62 valence electrons. The van der Waals surface area contributed by atoms with Gasteiger partial charge < -0.3 is 8.98 Å². The van der Waals surface area contributed by atoms with Gasteiger partial charge in [-0.25, -0.2) is 0 Å². The predicted octanol–water partition coefficient (Wildman–Crippen LogP) is 2.32. The van der Waals surface area contributed by atoms with Gasteiger partial charge in [-0.2, -0.15) is 0 Å². The van der Waals surface area contributed by atoms with E-state index in [1.54, 1.807) is 6.26 Å². The molecule has 0 aliphatic heterocycles. The quantitative estimate of drug-likeness (QED) is 0.675. The van der Waals surface area contributed by atoms with E-state index in [1.165, 1.54) is 0 Å². The number of aromatic nitrogens is 1. The molecule has 0 spiro atoms. The molecule has 0 bridgehead atoms. The van der Waals surface area contributed by atoms with E-state index in [-0.39, 0.29) is 0 Å². The summed E-state index contributed by atoms with van der Waals surface area (Å²) in [6.07, 6.45) is 6.79. The van der Waals surface area contributed by atoms with E-state index < -0.39 is 0 Å². The van der Waals surface area contributed by atoms with Gasteiger partial charge in [-0.1, -0.05) is 0 Å². The number of nitrogens with zero attached hydrogens (tertiary/aromatic N) is 1. The largest absolute Gasteiger partial charge is 0.469 e. The van der Waals surface area contributed by atoms with Crippen LogP contribution in [0, 0.1) is 0 Å². The molecule has 2 heterocycles. The molecule has 0 unspecified atom stereocenters. The van der Waals surface area contributed by atoms with E-state index >= 15 is 0 Å². The number of furan rings is 1. The fourth-order valence-corrected chi connectivity index (χ4v) is 1.21. The summed E-state index contributed by atoms with van der Waals surface area (Å²) < 4.78 is 7.36. The average molecular weight is 161 g/mol. The Balaban J connectivity index is 1.91. The molecule has 0 saturated heterocycles. The second-order valence-corrected chi connectivity index (χ2v) is 2.75. The summed E-state index contributed by atoms with van der Waals surface area (Å²) in [7, 11) is 0. The molecule has 2 rings (SSSR count). The molecule has 2 heteroatoms. The Bertz CT molecular complexity index is 273. The van der Waals surface area contributed by atoms with Crippen LogP contribution in [0.3, 0.4) is 0 Å². The summed E-state index contributed by atoms with van der Waals surface area (Å²) >= 11 is 0. The van der Waals surface area contributed by atoms with Crippen LogP contribution in [0.25, 0.3) is 0 Å². The second kappa shape index (κ2) is 3.30. The Kier molecular flexibility index (Phi) is 1.99. The number of hydrogen-bond acceptors (Lipinski definition) is 1. The van der Waals surface area contributed by atoms with Gasteiger partial charge in [-0.05, 0) is 24.3 Å². The molecule has 0 amide bonds. The zero-order valence-electron chi connectivity index (χ0n) is 6.81. The van der Waals surface area contributed by atoms with Crippen LogP contribution in [-0.2, 0) is 13.0 Å². The van der Waals surface area contributed by atoms with Crippen LogP contribution in [-0.4, -0.2) is 4.57 Å². The molecule has 2 nitrogen and oxygen atoms in total. The molecular formula is C10H11NO. The second-order valence-electron chi connectivity index (χ2n) is 2.75. The minimum absolute atomic E-state index is 0.960. The number of aryl methyl sites for hydroxylation is 2. The van der Waals surface area contributed by atoms with Gasteiger partial charge in [0.15, 0.2) is 0 Å². The molecule has 0 aliphatic carbocycles. The highest BCUT2D eigenvalue weighted by molar-refractivity contribution is 4.99. The molecule has 0 N–H and O–H groups in total. The third-order valence-electron chi connectivity index (χ3n) is 1.86. The van der Waals surface area contributed by atoms with Gasteiger partial charge in [0.05, 0.1) is 6.26 Å². The summed E-state index contributed by atoms with van der Waals surface area (Å²) in [6, 6.07) is 7.98. The van der Waals surface area contributed by atoms with Crippen molar-refractivity contribution in [2.45, 2.75) is 13.0 Å². The normalized spacial score (nSPS) is 10.3. The van der Waals surface area contributed by atoms with E-state index in [0.29, 0.717) is 0 Å². The third-order valence-corrected chi connectivity index (χ3v) is 1.86. The Morgan fingerprint density at radius 3 is 2.67 bits per heavy atom. The molecule has 12 heavy (non-hydrogen) atoms. The van der Waals surface area contributed by atoms with Crippen molar-refractivity contribution in [3.8, 4) is 0 Å². The average Bonchev–Trinajstić information content (AvgIpc) is 2.74. The first-order valence-electron chi connectivity index (χ1n) is 4.08. The molecule has 0 aromatic carbocycles. The lowest BCUT2D eigenvalue weighted by molar-refractivity contribution is 0.491. The van der Waals surface area contributed by atoms with Crippen molar-refractivity contribution < 1.29 is 4.42 Å². The molecule has 0 radical (unpaired) electrons. The van der Waals surface area contributed by atoms with Crippen molar-refractivity contribution in [3.63, 3.8) is 0 Å². The van der Waals surface area contributed by atoms with Crippen LogP contribution in [0.5, 0.6) is 0 Å². The van der Waals surface area contributed by atoms with E-state index in [4.69, 9.17) is 4.42 Å². The first-order chi connectivity index (χ1) is 5.95. The van der Waals surface area contributed by atoms with Gasteiger partial charge in [0.1, 0.15) is 5.76 Å². The SMILES string of the molecule is c1coc(CCn2cccc2)c1. The van der Waals surface area contributed by atoms with E-state index in [9.17, 15) is 0 Å². The summed E-state index contributed by atoms with van der Waals surface area (Å²) in [5, 5.41) is 0. The summed E-state index contributed by atoms with van der Waals surface area (Å²) in [6.45, 7) is 0.987. The van der Waals surface area contributed by atoms with Crippen molar-refractivity contribution in [3.05, 3.63) is 48.7 Å². The maximum atomic E-state index is 5.22. The Morgan fingerprint density at radius 2 is 2.00 bits per heavy atom. The fraction of sp³-hybridized carbons (Fsp3) is 0.200. The highest BCUT2D eigenvalue weighted by Crippen LogP contribution is 2.02. The van der Waals surface area contributed by atoms with Crippen LogP contribution < -0.4 is 0 Å². The Labute approximate surface area is 71.4 Å². The monoisotopic (exact) mass is 161 g/mol. The lowest BCUT2D eigenvalue weighted by Gasteiger charge is -1.98. The van der Waals surface area contributed by atoms with Gasteiger partial charge in [0, 0.05) is 25.4 Å². The third kappa shape index (κ3) is 1.59. The summed E-state index contributed by atoms with van der Waals surface area (Å²) in [5.74, 6) is 1.05. The Morgan fingerprint density at radius 1 is 1.17 bits per heavy atom. The van der Waals surface area contributed by atoms with Gasteiger partial charge in [0.2, 0.25) is 0 Å². The maximum absolute atomic E-state index is 5.22. The van der Waals surface area contributed by atoms with Crippen LogP contribution in [0.2, 0.25) is 0 Å². The Hall–Kier alpha value is -1.44. The van der Waals surface area contributed by atoms with E-state index in [1.807, 2.05) is 24.3 Å². The highest BCUT2D eigenvalue weighted by Gasteiger charge is 1.94. The van der Waals surface area contributed by atoms with Crippen LogP contribution in [0.15, 0.2) is 47.3 Å². The minimum atomic E-state index is 0.960. The van der Waals surface area contributed by atoms with Crippen molar-refractivity contribution >= 4 is 0 Å². The van der Waals surface area contributed by atoms with Crippen LogP contribution >= 0.6 is 0 Å². The minimum Gasteiger partial charge on any atom is -0.469 e. The first-order valence-corrected chi connectivity index (χ1v) is 4.08. The van der Waals surface area contributed by atoms with Gasteiger partial charge in [-0.15, -0.1) is 0 Å². The zero-order chi connectivity index (χ0) is 8.23. The highest BCUT2D eigenvalue weighted by atomic mass is 16.3. The molecule has 2 aromatic rings. The lowest BCUT2D eigenvalue weighted by Crippen LogP contribution is -1.96. The first kappa shape index (κ1) is 7.22. The maximum Gasteiger partial charge on any atom is 0.105 e. The van der Waals surface area contributed by atoms with Crippen molar-refractivity contribution in [1.29, 1.82) is 0 Å². The fourth-order valence-electron chi connectivity index (χ4n) is 1.21. The summed E-state index contributed by atoms with van der Waals surface area (Å²) in [4.78, 5) is 0. The molecule has 0 atom stereocenters. The zero-order valence-corrected chi connectivity index (χ0v) is 6.81. The van der Waals surface area contributed by atoms with E-state index in [2.05, 4.69) is 17.0 Å². The van der Waals surface area contributed by atoms with Crippen molar-refractivity contribution in [1.82, 2.24) is 4.57 Å². The van der Waals surface area contributed by atoms with Crippen LogP contribution in [0.1, 0.15) is 5.76 Å². The predicted molar refractivity (Wildman–Crippen MR) is 46.8 cm³/mol. The lowest BCUT2D eigenvalue weighted by atomic mass is 10.3. The molecular weight excluding hydrogens is 150 g/mol. The van der Waals surface area contributed by atoms with E-state index in [0.717, 1.165) is 18.7 Å². The number of rotatable bonds is 3. The molecule has 0 fully saturated rings. The number of hydrogen-bond donors (Lipinski definition) is 0. The van der Waals surface area contributed by atoms with Crippen molar-refractivity contribution in [2.75, 3.05) is 0 Å². The van der Waals surface area contributed by atoms with Crippen molar-refractivity contribution in [2.24, 2.45) is 0 Å². The molecule has 2 aromatic heterocycles. The van der Waals surface area contributed by atoms with Gasteiger partial charge in [-0.3, -0.25) is 0 Å². The standard InChI is InChI=1S/C10H11NO/c1-2-7-11(6-1)8-5-10-4-3-9-12-10/h1-4,6-7,9H,5,8H2.